The van der Waals surface area contributed by atoms with Crippen LogP contribution in [0.25, 0.3) is 0 Å². The highest BCUT2D eigenvalue weighted by Gasteiger charge is 2.24. The molecule has 2 aromatic rings. The lowest BCUT2D eigenvalue weighted by Crippen LogP contribution is -2.31. The van der Waals surface area contributed by atoms with Crippen molar-refractivity contribution in [1.29, 1.82) is 0 Å². The molecule has 4 heteroatoms. The molecule has 2 unspecified atom stereocenters. The van der Waals surface area contributed by atoms with Gasteiger partial charge in [-0.05, 0) is 37.1 Å². The van der Waals surface area contributed by atoms with Crippen LogP contribution >= 0.6 is 0 Å². The van der Waals surface area contributed by atoms with Gasteiger partial charge in [-0.15, -0.1) is 0 Å². The second kappa shape index (κ2) is 5.89. The molecule has 1 aromatic carbocycles. The third-order valence-electron chi connectivity index (χ3n) is 3.09. The monoisotopic (exact) mass is 263 g/mol. The first-order valence-electron chi connectivity index (χ1n) is 6.34. The minimum atomic E-state index is -0.490. The van der Waals surface area contributed by atoms with Crippen LogP contribution in [0, 0.1) is 12.7 Å². The summed E-state index contributed by atoms with van der Waals surface area (Å²) in [6.07, 6.45) is 1.77. The lowest BCUT2D eigenvalue weighted by molar-refractivity contribution is 0.138. The summed E-state index contributed by atoms with van der Waals surface area (Å²) in [4.78, 5) is 0. The van der Waals surface area contributed by atoms with Gasteiger partial charge in [-0.25, -0.2) is 4.39 Å². The molecule has 2 N–H and O–H groups in total. The van der Waals surface area contributed by atoms with Crippen LogP contribution in [0.2, 0.25) is 0 Å². The topological polar surface area (TPSA) is 48.4 Å². The van der Waals surface area contributed by atoms with E-state index < -0.39 is 6.10 Å². The van der Waals surface area contributed by atoms with Crippen molar-refractivity contribution >= 4 is 0 Å². The van der Waals surface area contributed by atoms with Gasteiger partial charge in [0.15, 0.2) is 17.7 Å². The molecule has 0 aliphatic heterocycles. The number of rotatable bonds is 5. The van der Waals surface area contributed by atoms with E-state index in [2.05, 4.69) is 0 Å². The van der Waals surface area contributed by atoms with Crippen molar-refractivity contribution in [3.63, 3.8) is 0 Å². The summed E-state index contributed by atoms with van der Waals surface area (Å²) in [6, 6.07) is 8.34. The van der Waals surface area contributed by atoms with Gasteiger partial charge in [0.1, 0.15) is 5.76 Å². The van der Waals surface area contributed by atoms with Gasteiger partial charge >= 0.3 is 0 Å². The van der Waals surface area contributed by atoms with Crippen molar-refractivity contribution in [3.8, 4) is 5.75 Å². The first kappa shape index (κ1) is 13.6. The summed E-state index contributed by atoms with van der Waals surface area (Å²) >= 11 is 0. The fraction of sp³-hybridized carbons (Fsp3) is 0.333. The molecule has 2 atom stereocenters. The average molecular weight is 263 g/mol. The normalized spacial score (nSPS) is 14.1. The van der Waals surface area contributed by atoms with E-state index in [-0.39, 0.29) is 17.6 Å². The second-order valence-electron chi connectivity index (χ2n) is 4.51. The summed E-state index contributed by atoms with van der Waals surface area (Å²) in [6.45, 7) is 3.65. The Morgan fingerprint density at radius 3 is 2.74 bits per heavy atom. The summed E-state index contributed by atoms with van der Waals surface area (Å²) < 4.78 is 25.0. The van der Waals surface area contributed by atoms with Crippen molar-refractivity contribution in [2.24, 2.45) is 5.73 Å². The van der Waals surface area contributed by atoms with E-state index in [4.69, 9.17) is 14.9 Å². The van der Waals surface area contributed by atoms with Gasteiger partial charge in [0.05, 0.1) is 6.26 Å². The zero-order valence-electron chi connectivity index (χ0n) is 11.1. The van der Waals surface area contributed by atoms with E-state index in [0.29, 0.717) is 17.7 Å². The highest BCUT2D eigenvalue weighted by molar-refractivity contribution is 5.30. The predicted octanol–water partition coefficient (Wildman–Crippen LogP) is 3.58. The maximum absolute atomic E-state index is 14.0. The largest absolute Gasteiger partial charge is 0.478 e. The Hall–Kier alpha value is -1.81. The molecule has 0 bridgehead atoms. The predicted molar refractivity (Wildman–Crippen MR) is 71.5 cm³/mol. The molecule has 2 rings (SSSR count). The van der Waals surface area contributed by atoms with Crippen molar-refractivity contribution in [1.82, 2.24) is 0 Å². The second-order valence-corrected chi connectivity index (χ2v) is 4.51. The minimum Gasteiger partial charge on any atom is -0.478 e. The molecule has 0 spiro atoms. The van der Waals surface area contributed by atoms with E-state index in [9.17, 15) is 4.39 Å². The quantitative estimate of drug-likeness (QED) is 0.896. The molecular weight excluding hydrogens is 245 g/mol. The molecule has 0 saturated heterocycles. The van der Waals surface area contributed by atoms with Gasteiger partial charge in [-0.1, -0.05) is 19.1 Å². The first-order valence-corrected chi connectivity index (χ1v) is 6.34. The lowest BCUT2D eigenvalue weighted by atomic mass is 10.1. The van der Waals surface area contributed by atoms with Crippen molar-refractivity contribution in [2.45, 2.75) is 32.4 Å². The molecule has 3 nitrogen and oxygen atoms in total. The van der Waals surface area contributed by atoms with E-state index in [1.54, 1.807) is 43.5 Å². The number of ether oxygens (including phenoxy) is 1. The van der Waals surface area contributed by atoms with Crippen molar-refractivity contribution < 1.29 is 13.5 Å². The van der Waals surface area contributed by atoms with Gasteiger partial charge in [0, 0.05) is 6.04 Å². The van der Waals surface area contributed by atoms with Crippen LogP contribution in [0.3, 0.4) is 0 Å². The van der Waals surface area contributed by atoms with Crippen LogP contribution < -0.4 is 10.5 Å². The zero-order valence-corrected chi connectivity index (χ0v) is 11.1. The van der Waals surface area contributed by atoms with Crippen LogP contribution in [0.15, 0.2) is 41.0 Å². The zero-order chi connectivity index (χ0) is 13.8. The fourth-order valence-electron chi connectivity index (χ4n) is 1.87. The van der Waals surface area contributed by atoms with Crippen molar-refractivity contribution in [2.75, 3.05) is 0 Å². The smallest absolute Gasteiger partial charge is 0.171 e. The van der Waals surface area contributed by atoms with E-state index >= 15 is 0 Å². The van der Waals surface area contributed by atoms with Gasteiger partial charge < -0.3 is 14.9 Å². The fourth-order valence-corrected chi connectivity index (χ4v) is 1.87. The number of aryl methyl sites for hydroxylation is 1. The molecule has 0 radical (unpaired) electrons. The van der Waals surface area contributed by atoms with Crippen LogP contribution in [0.5, 0.6) is 5.75 Å². The minimum absolute atomic E-state index is 0.199. The van der Waals surface area contributed by atoms with Crippen LogP contribution in [-0.2, 0) is 0 Å². The SMILES string of the molecule is CCC(N)C(Oc1cccc(C)c1F)c1ccco1. The summed E-state index contributed by atoms with van der Waals surface area (Å²) in [7, 11) is 0. The van der Waals surface area contributed by atoms with Gasteiger partial charge in [-0.2, -0.15) is 0 Å². The average Bonchev–Trinajstić information content (AvgIpc) is 2.93. The van der Waals surface area contributed by atoms with Gasteiger partial charge in [0.25, 0.3) is 0 Å². The number of hydrogen-bond acceptors (Lipinski definition) is 3. The third-order valence-corrected chi connectivity index (χ3v) is 3.09. The van der Waals surface area contributed by atoms with E-state index in [1.165, 1.54) is 0 Å². The standard InChI is InChI=1S/C15H18FNO2/c1-3-11(17)15(13-8-5-9-18-13)19-12-7-4-6-10(2)14(12)16/h4-9,11,15H,3,17H2,1-2H3. The molecule has 19 heavy (non-hydrogen) atoms. The van der Waals surface area contributed by atoms with Crippen LogP contribution in [-0.4, -0.2) is 6.04 Å². The van der Waals surface area contributed by atoms with E-state index in [1.807, 2.05) is 6.92 Å². The summed E-state index contributed by atoms with van der Waals surface area (Å²) in [5.41, 5.74) is 6.58. The number of halogens is 1. The first-order chi connectivity index (χ1) is 9.13. The Kier molecular flexibility index (Phi) is 4.22. The van der Waals surface area contributed by atoms with Crippen LogP contribution in [0.4, 0.5) is 4.39 Å². The summed E-state index contributed by atoms with van der Waals surface area (Å²) in [5, 5.41) is 0. The van der Waals surface area contributed by atoms with Gasteiger partial charge in [0.2, 0.25) is 0 Å². The Balaban J connectivity index is 2.28. The number of hydrogen-bond donors (Lipinski definition) is 1. The molecule has 0 amide bonds. The van der Waals surface area contributed by atoms with E-state index in [0.717, 1.165) is 0 Å². The van der Waals surface area contributed by atoms with Crippen LogP contribution in [0.1, 0.15) is 30.8 Å². The molecular formula is C15H18FNO2. The van der Waals surface area contributed by atoms with Gasteiger partial charge in [-0.3, -0.25) is 0 Å². The molecule has 0 saturated carbocycles. The molecule has 0 aliphatic carbocycles. The molecule has 0 aliphatic rings. The number of furan rings is 1. The third kappa shape index (κ3) is 2.96. The lowest BCUT2D eigenvalue weighted by Gasteiger charge is -2.23. The highest BCUT2D eigenvalue weighted by atomic mass is 19.1. The Morgan fingerprint density at radius 2 is 2.11 bits per heavy atom. The molecule has 1 heterocycles. The Bertz CT molecular complexity index is 525. The Morgan fingerprint density at radius 1 is 1.32 bits per heavy atom. The molecule has 1 aromatic heterocycles. The maximum atomic E-state index is 14.0. The summed E-state index contributed by atoms with van der Waals surface area (Å²) in [5.74, 6) is 0.447. The maximum Gasteiger partial charge on any atom is 0.171 e. The molecule has 102 valence electrons. The molecule has 0 fully saturated rings. The highest BCUT2D eigenvalue weighted by Crippen LogP contribution is 2.28. The number of nitrogens with two attached hydrogens (primary N) is 1. The number of benzene rings is 1. The Labute approximate surface area is 112 Å². The van der Waals surface area contributed by atoms with Crippen molar-refractivity contribution in [3.05, 3.63) is 53.7 Å².